The molecule has 0 radical (unpaired) electrons. The van der Waals surface area contributed by atoms with Gasteiger partial charge in [0.25, 0.3) is 5.56 Å². The lowest BCUT2D eigenvalue weighted by molar-refractivity contribution is 0.196. The standard InChI is InChI=1S/C10H7NO4/c12-8-5-9(13)11(10(14)15)7-4-2-1-3-6(7)8/h1-5,12H,(H,14,15). The molecule has 0 aliphatic rings. The van der Waals surface area contributed by atoms with Gasteiger partial charge in [-0.05, 0) is 12.1 Å². The summed E-state index contributed by atoms with van der Waals surface area (Å²) < 4.78 is 0.592. The van der Waals surface area contributed by atoms with Gasteiger partial charge in [0.15, 0.2) is 0 Å². The number of hydrogen-bond acceptors (Lipinski definition) is 3. The van der Waals surface area contributed by atoms with Crippen molar-refractivity contribution < 1.29 is 15.0 Å². The highest BCUT2D eigenvalue weighted by Gasteiger charge is 2.11. The molecule has 0 atom stereocenters. The summed E-state index contributed by atoms with van der Waals surface area (Å²) in [6, 6.07) is 7.14. The highest BCUT2D eigenvalue weighted by Crippen LogP contribution is 2.21. The van der Waals surface area contributed by atoms with E-state index in [1.54, 1.807) is 18.2 Å². The average molecular weight is 205 g/mol. The molecule has 15 heavy (non-hydrogen) atoms. The number of fused-ring (bicyclic) bond motifs is 1. The van der Waals surface area contributed by atoms with Gasteiger partial charge in [-0.25, -0.2) is 9.36 Å². The second kappa shape index (κ2) is 3.13. The van der Waals surface area contributed by atoms with Gasteiger partial charge in [0.2, 0.25) is 0 Å². The highest BCUT2D eigenvalue weighted by molar-refractivity contribution is 5.90. The summed E-state index contributed by atoms with van der Waals surface area (Å²) >= 11 is 0. The third kappa shape index (κ3) is 1.34. The smallest absolute Gasteiger partial charge is 0.419 e. The Labute approximate surface area is 83.8 Å². The molecule has 0 amide bonds. The molecule has 2 aromatic rings. The number of carbonyl (C=O) groups is 1. The van der Waals surface area contributed by atoms with Gasteiger partial charge in [0.05, 0.1) is 5.52 Å². The molecule has 2 rings (SSSR count). The van der Waals surface area contributed by atoms with E-state index in [-0.39, 0.29) is 11.3 Å². The maximum atomic E-state index is 11.3. The number of benzene rings is 1. The third-order valence-electron chi connectivity index (χ3n) is 2.09. The molecule has 0 saturated heterocycles. The summed E-state index contributed by atoms with van der Waals surface area (Å²) in [6.45, 7) is 0. The van der Waals surface area contributed by atoms with Crippen LogP contribution in [0.1, 0.15) is 0 Å². The van der Waals surface area contributed by atoms with Crippen LogP contribution in [0.5, 0.6) is 5.75 Å². The van der Waals surface area contributed by atoms with Crippen molar-refractivity contribution in [3.05, 3.63) is 40.7 Å². The molecule has 0 aliphatic carbocycles. The SMILES string of the molecule is O=C(O)n1c(=O)cc(O)c2ccccc21. The first-order chi connectivity index (χ1) is 7.11. The van der Waals surface area contributed by atoms with E-state index in [9.17, 15) is 14.7 Å². The van der Waals surface area contributed by atoms with Crippen molar-refractivity contribution in [2.24, 2.45) is 0 Å². The Morgan fingerprint density at radius 1 is 1.27 bits per heavy atom. The first-order valence-electron chi connectivity index (χ1n) is 4.18. The minimum atomic E-state index is -1.36. The molecule has 76 valence electrons. The zero-order chi connectivity index (χ0) is 11.0. The highest BCUT2D eigenvalue weighted by atomic mass is 16.4. The third-order valence-corrected chi connectivity index (χ3v) is 2.09. The fraction of sp³-hybridized carbons (Fsp3) is 0. The first-order valence-corrected chi connectivity index (χ1v) is 4.18. The normalized spacial score (nSPS) is 10.4. The summed E-state index contributed by atoms with van der Waals surface area (Å²) in [6.07, 6.45) is -1.36. The number of aromatic hydroxyl groups is 1. The van der Waals surface area contributed by atoms with Crippen LogP contribution in [-0.2, 0) is 0 Å². The molecule has 0 spiro atoms. The number of rotatable bonds is 0. The second-order valence-corrected chi connectivity index (χ2v) is 3.00. The van der Waals surface area contributed by atoms with Gasteiger partial charge in [-0.2, -0.15) is 0 Å². The van der Waals surface area contributed by atoms with Crippen molar-refractivity contribution in [3.8, 4) is 5.75 Å². The lowest BCUT2D eigenvalue weighted by Gasteiger charge is -2.05. The second-order valence-electron chi connectivity index (χ2n) is 3.00. The summed E-state index contributed by atoms with van der Waals surface area (Å²) in [4.78, 5) is 22.1. The van der Waals surface area contributed by atoms with Crippen LogP contribution in [0.2, 0.25) is 0 Å². The number of hydrogen-bond donors (Lipinski definition) is 2. The molecule has 0 bridgehead atoms. The number of para-hydroxylation sites is 1. The molecule has 0 saturated carbocycles. The molecule has 1 aromatic carbocycles. The van der Waals surface area contributed by atoms with Crippen LogP contribution in [0.3, 0.4) is 0 Å². The van der Waals surface area contributed by atoms with E-state index in [0.29, 0.717) is 9.95 Å². The Bertz CT molecular complexity index is 600. The zero-order valence-electron chi connectivity index (χ0n) is 7.54. The number of nitrogens with zero attached hydrogens (tertiary/aromatic N) is 1. The van der Waals surface area contributed by atoms with Crippen LogP contribution in [-0.4, -0.2) is 20.9 Å². The topological polar surface area (TPSA) is 79.5 Å². The van der Waals surface area contributed by atoms with Gasteiger partial charge < -0.3 is 10.2 Å². The van der Waals surface area contributed by atoms with E-state index in [2.05, 4.69) is 0 Å². The number of aromatic nitrogens is 1. The van der Waals surface area contributed by atoms with Crippen LogP contribution < -0.4 is 5.56 Å². The van der Waals surface area contributed by atoms with Crippen molar-refractivity contribution in [2.45, 2.75) is 0 Å². The van der Waals surface area contributed by atoms with E-state index >= 15 is 0 Å². The molecule has 1 heterocycles. The molecular weight excluding hydrogens is 198 g/mol. The maximum Gasteiger partial charge on any atom is 0.419 e. The molecule has 0 aliphatic heterocycles. The Balaban J connectivity index is 3.03. The minimum absolute atomic E-state index is 0.176. The van der Waals surface area contributed by atoms with E-state index in [4.69, 9.17) is 5.11 Å². The summed E-state index contributed by atoms with van der Waals surface area (Å²) in [5.41, 5.74) is -0.589. The fourth-order valence-corrected chi connectivity index (χ4v) is 1.46. The van der Waals surface area contributed by atoms with Crippen LogP contribution in [0, 0.1) is 0 Å². The Morgan fingerprint density at radius 3 is 2.60 bits per heavy atom. The Morgan fingerprint density at radius 2 is 1.93 bits per heavy atom. The lowest BCUT2D eigenvalue weighted by atomic mass is 10.2. The first kappa shape index (κ1) is 9.26. The fourth-order valence-electron chi connectivity index (χ4n) is 1.46. The predicted octanol–water partition coefficient (Wildman–Crippen LogP) is 1.23. The average Bonchev–Trinajstić information content (AvgIpc) is 2.17. The summed E-state index contributed by atoms with van der Waals surface area (Å²) in [5, 5.41) is 18.6. The van der Waals surface area contributed by atoms with Gasteiger partial charge >= 0.3 is 6.09 Å². The van der Waals surface area contributed by atoms with E-state index in [1.807, 2.05) is 0 Å². The zero-order valence-corrected chi connectivity index (χ0v) is 7.54. The molecule has 2 N–H and O–H groups in total. The van der Waals surface area contributed by atoms with Gasteiger partial charge in [-0.1, -0.05) is 12.1 Å². The minimum Gasteiger partial charge on any atom is -0.507 e. The van der Waals surface area contributed by atoms with Crippen LogP contribution in [0.4, 0.5) is 4.79 Å². The van der Waals surface area contributed by atoms with E-state index < -0.39 is 11.7 Å². The van der Waals surface area contributed by atoms with Gasteiger partial charge in [0, 0.05) is 11.5 Å². The molecule has 1 aromatic heterocycles. The predicted molar refractivity (Wildman–Crippen MR) is 53.3 cm³/mol. The van der Waals surface area contributed by atoms with Crippen LogP contribution >= 0.6 is 0 Å². The van der Waals surface area contributed by atoms with Crippen LogP contribution in [0.25, 0.3) is 10.9 Å². The van der Waals surface area contributed by atoms with Crippen molar-refractivity contribution in [3.63, 3.8) is 0 Å². The molecule has 5 heteroatoms. The van der Waals surface area contributed by atoms with Crippen LogP contribution in [0.15, 0.2) is 35.1 Å². The maximum absolute atomic E-state index is 11.3. The monoisotopic (exact) mass is 205 g/mol. The van der Waals surface area contributed by atoms with Gasteiger partial charge in [-0.15, -0.1) is 0 Å². The quantitative estimate of drug-likeness (QED) is 0.677. The molecular formula is C10H7NO4. The van der Waals surface area contributed by atoms with Crippen molar-refractivity contribution >= 4 is 17.0 Å². The van der Waals surface area contributed by atoms with Gasteiger partial charge in [0.1, 0.15) is 5.75 Å². The number of carboxylic acid groups (broad SMARTS) is 1. The molecule has 0 fully saturated rings. The Kier molecular flexibility index (Phi) is 1.93. The summed E-state index contributed by atoms with van der Waals surface area (Å²) in [5.74, 6) is -0.215. The largest absolute Gasteiger partial charge is 0.507 e. The Hall–Kier alpha value is -2.30. The van der Waals surface area contributed by atoms with Crippen molar-refractivity contribution in [1.82, 2.24) is 4.57 Å². The van der Waals surface area contributed by atoms with Crippen molar-refractivity contribution in [2.75, 3.05) is 0 Å². The molecule has 0 unspecified atom stereocenters. The number of pyridine rings is 1. The molecule has 5 nitrogen and oxygen atoms in total. The van der Waals surface area contributed by atoms with Crippen molar-refractivity contribution in [1.29, 1.82) is 0 Å². The summed E-state index contributed by atoms with van der Waals surface area (Å²) in [7, 11) is 0. The lowest BCUT2D eigenvalue weighted by Crippen LogP contribution is -2.25. The van der Waals surface area contributed by atoms with E-state index in [1.165, 1.54) is 6.07 Å². The van der Waals surface area contributed by atoms with Gasteiger partial charge in [-0.3, -0.25) is 4.79 Å². The van der Waals surface area contributed by atoms with E-state index in [0.717, 1.165) is 6.07 Å².